The van der Waals surface area contributed by atoms with E-state index in [9.17, 15) is 5.11 Å². The largest absolute Gasteiger partial charge is 0.392 e. The first-order valence-corrected chi connectivity index (χ1v) is 5.53. The number of likely N-dealkylation sites (tertiary alicyclic amines) is 1. The number of hydrogen-bond acceptors (Lipinski definition) is 3. The lowest BCUT2D eigenvalue weighted by atomic mass is 9.96. The fourth-order valence-electron chi connectivity index (χ4n) is 1.58. The van der Waals surface area contributed by atoms with Crippen LogP contribution < -0.4 is 0 Å². The lowest BCUT2D eigenvalue weighted by Crippen LogP contribution is -2.42. The van der Waals surface area contributed by atoms with Crippen molar-refractivity contribution in [2.75, 3.05) is 25.4 Å². The molecule has 2 atom stereocenters. The van der Waals surface area contributed by atoms with E-state index >= 15 is 0 Å². The molecule has 2 nitrogen and oxygen atoms in total. The van der Waals surface area contributed by atoms with E-state index in [0.29, 0.717) is 5.92 Å². The van der Waals surface area contributed by atoms with Gasteiger partial charge in [-0.05, 0) is 18.9 Å². The van der Waals surface area contributed by atoms with E-state index in [1.165, 1.54) is 0 Å². The van der Waals surface area contributed by atoms with Crippen molar-refractivity contribution in [3.63, 3.8) is 0 Å². The zero-order valence-corrected chi connectivity index (χ0v) is 9.08. The first-order valence-electron chi connectivity index (χ1n) is 4.90. The summed E-state index contributed by atoms with van der Waals surface area (Å²) in [4.78, 5) is 2.28. The number of β-amino-alcohol motifs (C(OH)–C–C–N with tert-alkyl or cyclic N) is 1. The molecule has 0 radical (unpaired) electrons. The van der Waals surface area contributed by atoms with Gasteiger partial charge in [0.15, 0.2) is 0 Å². The molecule has 1 N–H and O–H groups in total. The van der Waals surface area contributed by atoms with Crippen molar-refractivity contribution in [3.05, 3.63) is 12.2 Å². The van der Waals surface area contributed by atoms with Gasteiger partial charge in [0.2, 0.25) is 0 Å². The maximum atomic E-state index is 9.62. The van der Waals surface area contributed by atoms with Crippen molar-refractivity contribution >= 4 is 12.6 Å². The Morgan fingerprint density at radius 3 is 2.92 bits per heavy atom. The first kappa shape index (κ1) is 11.1. The standard InChI is InChI=1S/C10H19NOS/c1-9-4-6-11(8-10(9)12)5-2-3-7-13/h2-3,9-10,12-13H,4-8H2,1H3/b3-2+. The van der Waals surface area contributed by atoms with E-state index in [1.54, 1.807) is 0 Å². The second-order valence-electron chi connectivity index (χ2n) is 3.75. The molecule has 3 heteroatoms. The SMILES string of the molecule is CC1CCN(C/C=C/CS)CC1O. The van der Waals surface area contributed by atoms with Gasteiger partial charge in [-0.3, -0.25) is 4.90 Å². The van der Waals surface area contributed by atoms with E-state index in [4.69, 9.17) is 0 Å². The number of aliphatic hydroxyl groups is 1. The van der Waals surface area contributed by atoms with E-state index in [2.05, 4.69) is 30.5 Å². The molecule has 1 fully saturated rings. The zero-order valence-electron chi connectivity index (χ0n) is 8.19. The van der Waals surface area contributed by atoms with Crippen LogP contribution in [-0.2, 0) is 0 Å². The van der Waals surface area contributed by atoms with E-state index in [1.807, 2.05) is 6.08 Å². The lowest BCUT2D eigenvalue weighted by Gasteiger charge is -2.33. The van der Waals surface area contributed by atoms with Crippen LogP contribution in [0.5, 0.6) is 0 Å². The van der Waals surface area contributed by atoms with Gasteiger partial charge >= 0.3 is 0 Å². The number of aliphatic hydroxyl groups excluding tert-OH is 1. The number of thiol groups is 1. The number of rotatable bonds is 3. The van der Waals surface area contributed by atoms with Crippen LogP contribution in [0.4, 0.5) is 0 Å². The second-order valence-corrected chi connectivity index (χ2v) is 4.11. The third-order valence-electron chi connectivity index (χ3n) is 2.64. The Hall–Kier alpha value is 0.01000. The highest BCUT2D eigenvalue weighted by Gasteiger charge is 2.22. The molecule has 0 saturated carbocycles. The van der Waals surface area contributed by atoms with Gasteiger partial charge in [0, 0.05) is 18.8 Å². The molecule has 2 unspecified atom stereocenters. The molecule has 0 amide bonds. The summed E-state index contributed by atoms with van der Waals surface area (Å²) >= 11 is 4.10. The third kappa shape index (κ3) is 3.71. The highest BCUT2D eigenvalue weighted by molar-refractivity contribution is 7.80. The predicted molar refractivity (Wildman–Crippen MR) is 59.2 cm³/mol. The van der Waals surface area contributed by atoms with Crippen LogP contribution >= 0.6 is 12.6 Å². The van der Waals surface area contributed by atoms with Gasteiger partial charge < -0.3 is 5.11 Å². The van der Waals surface area contributed by atoms with Crippen LogP contribution in [0.2, 0.25) is 0 Å². The summed E-state index contributed by atoms with van der Waals surface area (Å²) in [7, 11) is 0. The number of piperidine rings is 1. The summed E-state index contributed by atoms with van der Waals surface area (Å²) in [5, 5.41) is 9.62. The first-order chi connectivity index (χ1) is 6.24. The van der Waals surface area contributed by atoms with Crippen LogP contribution in [-0.4, -0.2) is 41.5 Å². The molecule has 1 saturated heterocycles. The molecule has 1 heterocycles. The monoisotopic (exact) mass is 201 g/mol. The molecular weight excluding hydrogens is 182 g/mol. The number of nitrogens with zero attached hydrogens (tertiary/aromatic N) is 1. The van der Waals surface area contributed by atoms with Gasteiger partial charge in [-0.1, -0.05) is 19.1 Å². The summed E-state index contributed by atoms with van der Waals surface area (Å²) < 4.78 is 0. The second kappa shape index (κ2) is 5.68. The molecule has 0 aromatic carbocycles. The Morgan fingerprint density at radius 2 is 2.31 bits per heavy atom. The van der Waals surface area contributed by atoms with Crippen LogP contribution in [0.25, 0.3) is 0 Å². The van der Waals surface area contributed by atoms with Gasteiger partial charge in [0.1, 0.15) is 0 Å². The summed E-state index contributed by atoms with van der Waals surface area (Å²) in [6.07, 6.45) is 5.14. The van der Waals surface area contributed by atoms with Crippen molar-refractivity contribution in [1.29, 1.82) is 0 Å². The molecule has 13 heavy (non-hydrogen) atoms. The molecule has 0 spiro atoms. The van der Waals surface area contributed by atoms with E-state index in [-0.39, 0.29) is 6.10 Å². The molecule has 0 aromatic heterocycles. The molecule has 1 aliphatic rings. The molecule has 1 rings (SSSR count). The maximum absolute atomic E-state index is 9.62. The molecule has 0 aromatic rings. The smallest absolute Gasteiger partial charge is 0.0693 e. The lowest BCUT2D eigenvalue weighted by molar-refractivity contribution is 0.0342. The van der Waals surface area contributed by atoms with Crippen molar-refractivity contribution < 1.29 is 5.11 Å². The Kier molecular flexibility index (Phi) is 4.84. The van der Waals surface area contributed by atoms with Crippen molar-refractivity contribution in [3.8, 4) is 0 Å². The summed E-state index contributed by atoms with van der Waals surface area (Å²) in [5.74, 6) is 1.26. The van der Waals surface area contributed by atoms with Crippen LogP contribution in [0, 0.1) is 5.92 Å². The van der Waals surface area contributed by atoms with Gasteiger partial charge in [0.05, 0.1) is 6.10 Å². The van der Waals surface area contributed by atoms with Crippen molar-refractivity contribution in [2.24, 2.45) is 5.92 Å². The molecule has 1 aliphatic heterocycles. The average molecular weight is 201 g/mol. The molecule has 0 aliphatic carbocycles. The molecule has 0 bridgehead atoms. The third-order valence-corrected chi connectivity index (χ3v) is 2.85. The minimum Gasteiger partial charge on any atom is -0.392 e. The number of hydrogen-bond donors (Lipinski definition) is 2. The van der Waals surface area contributed by atoms with Gasteiger partial charge in [-0.15, -0.1) is 0 Å². The maximum Gasteiger partial charge on any atom is 0.0693 e. The predicted octanol–water partition coefficient (Wildman–Crippen LogP) is 1.18. The van der Waals surface area contributed by atoms with Crippen LogP contribution in [0.3, 0.4) is 0 Å². The summed E-state index contributed by atoms with van der Waals surface area (Å²) in [6.45, 7) is 4.99. The minimum absolute atomic E-state index is 0.141. The fraction of sp³-hybridized carbons (Fsp3) is 0.800. The van der Waals surface area contributed by atoms with Crippen LogP contribution in [0.1, 0.15) is 13.3 Å². The quantitative estimate of drug-likeness (QED) is 0.529. The average Bonchev–Trinajstić information content (AvgIpc) is 2.12. The van der Waals surface area contributed by atoms with Crippen molar-refractivity contribution in [2.45, 2.75) is 19.4 Å². The normalized spacial score (nSPS) is 31.3. The topological polar surface area (TPSA) is 23.5 Å². The van der Waals surface area contributed by atoms with Gasteiger partial charge in [-0.25, -0.2) is 0 Å². The highest BCUT2D eigenvalue weighted by Crippen LogP contribution is 2.16. The Labute approximate surface area is 86.0 Å². The fourth-order valence-corrected chi connectivity index (χ4v) is 1.73. The molecular formula is C10H19NOS. The Bertz CT molecular complexity index is 172. The van der Waals surface area contributed by atoms with E-state index < -0.39 is 0 Å². The zero-order chi connectivity index (χ0) is 9.68. The minimum atomic E-state index is -0.141. The summed E-state index contributed by atoms with van der Waals surface area (Å²) in [5.41, 5.74) is 0. The van der Waals surface area contributed by atoms with Gasteiger partial charge in [0.25, 0.3) is 0 Å². The van der Waals surface area contributed by atoms with Crippen LogP contribution in [0.15, 0.2) is 12.2 Å². The van der Waals surface area contributed by atoms with Gasteiger partial charge in [-0.2, -0.15) is 12.6 Å². The van der Waals surface area contributed by atoms with E-state index in [0.717, 1.165) is 31.8 Å². The summed E-state index contributed by atoms with van der Waals surface area (Å²) in [6, 6.07) is 0. The highest BCUT2D eigenvalue weighted by atomic mass is 32.1. The van der Waals surface area contributed by atoms with Crippen molar-refractivity contribution in [1.82, 2.24) is 4.90 Å². The molecule has 76 valence electrons. The Morgan fingerprint density at radius 1 is 1.54 bits per heavy atom. The Balaban J connectivity index is 2.25.